The first-order valence-corrected chi connectivity index (χ1v) is 9.55. The van der Waals surface area contributed by atoms with Crippen LogP contribution in [0.15, 0.2) is 29.1 Å². The fourth-order valence-electron chi connectivity index (χ4n) is 4.11. The largest absolute Gasteiger partial charge is 0.469 e. The van der Waals surface area contributed by atoms with Crippen LogP contribution in [0.1, 0.15) is 45.4 Å². The van der Waals surface area contributed by atoms with Crippen molar-refractivity contribution in [3.63, 3.8) is 0 Å². The summed E-state index contributed by atoms with van der Waals surface area (Å²) in [4.78, 5) is 37.0. The molecule has 0 bridgehead atoms. The van der Waals surface area contributed by atoms with Gasteiger partial charge in [-0.25, -0.2) is 4.79 Å². The summed E-state index contributed by atoms with van der Waals surface area (Å²) in [5, 5.41) is 3.05. The van der Waals surface area contributed by atoms with Crippen molar-refractivity contribution in [1.29, 1.82) is 0 Å². The zero-order valence-corrected chi connectivity index (χ0v) is 16.0. The van der Waals surface area contributed by atoms with Gasteiger partial charge in [-0.2, -0.15) is 0 Å². The molecule has 1 aliphatic carbocycles. The molecule has 1 aromatic carbocycles. The highest BCUT2D eigenvalue weighted by Gasteiger charge is 2.37. The van der Waals surface area contributed by atoms with E-state index in [1.54, 1.807) is 9.13 Å². The van der Waals surface area contributed by atoms with Crippen LogP contribution in [0.25, 0.3) is 11.0 Å². The fraction of sp³-hybridized carbons (Fsp3) is 0.550. The number of hydrogen-bond donors (Lipinski definition) is 1. The molecule has 7 nitrogen and oxygen atoms in total. The number of ether oxygens (including phenoxy) is 1. The highest BCUT2D eigenvalue weighted by molar-refractivity contribution is 5.79. The van der Waals surface area contributed by atoms with Gasteiger partial charge in [0.2, 0.25) is 5.91 Å². The number of methoxy groups -OCH3 is 1. The third-order valence-electron chi connectivity index (χ3n) is 5.48. The maximum Gasteiger partial charge on any atom is 0.329 e. The molecule has 0 radical (unpaired) electrons. The molecule has 1 N–H and O–H groups in total. The van der Waals surface area contributed by atoms with E-state index in [4.69, 9.17) is 4.74 Å². The number of benzene rings is 1. The van der Waals surface area contributed by atoms with Crippen LogP contribution in [-0.4, -0.2) is 33.7 Å². The van der Waals surface area contributed by atoms with E-state index < -0.39 is 5.54 Å². The number of hydrogen-bond acceptors (Lipinski definition) is 4. The zero-order chi connectivity index (χ0) is 19.4. The Morgan fingerprint density at radius 2 is 1.78 bits per heavy atom. The van der Waals surface area contributed by atoms with Gasteiger partial charge in [0.1, 0.15) is 0 Å². The predicted molar refractivity (Wildman–Crippen MR) is 102 cm³/mol. The Hall–Kier alpha value is -2.57. The van der Waals surface area contributed by atoms with E-state index in [9.17, 15) is 14.4 Å². The first-order valence-electron chi connectivity index (χ1n) is 9.55. The molecule has 1 aliphatic rings. The normalized spacial score (nSPS) is 15.8. The standard InChI is InChI=1S/C20H27N3O4/c1-3-22-15-8-4-5-9-16(15)23(19(22)26)13-10-17(24)21-20(11-6-7-12-20)14-18(25)27-2/h4-5,8-9H,3,6-7,10-14H2,1-2H3,(H,21,24). The van der Waals surface area contributed by atoms with Crippen LogP contribution in [-0.2, 0) is 27.4 Å². The van der Waals surface area contributed by atoms with E-state index in [1.807, 2.05) is 31.2 Å². The van der Waals surface area contributed by atoms with Gasteiger partial charge in [0.05, 0.1) is 30.1 Å². The summed E-state index contributed by atoms with van der Waals surface area (Å²) in [6.45, 7) is 2.83. The Morgan fingerprint density at radius 3 is 2.37 bits per heavy atom. The number of nitrogens with one attached hydrogen (secondary N) is 1. The minimum Gasteiger partial charge on any atom is -0.469 e. The maximum absolute atomic E-state index is 12.7. The van der Waals surface area contributed by atoms with Crippen LogP contribution in [0, 0.1) is 0 Å². The van der Waals surface area contributed by atoms with Crippen LogP contribution in [0.2, 0.25) is 0 Å². The fourth-order valence-corrected chi connectivity index (χ4v) is 4.11. The summed E-state index contributed by atoms with van der Waals surface area (Å²) >= 11 is 0. The van der Waals surface area contributed by atoms with Crippen molar-refractivity contribution in [3.05, 3.63) is 34.7 Å². The van der Waals surface area contributed by atoms with Gasteiger partial charge >= 0.3 is 11.7 Å². The number of aromatic nitrogens is 2. The number of amides is 1. The third-order valence-corrected chi connectivity index (χ3v) is 5.48. The van der Waals surface area contributed by atoms with Gasteiger partial charge in [0, 0.05) is 19.5 Å². The van der Waals surface area contributed by atoms with Crippen LogP contribution in [0.3, 0.4) is 0 Å². The van der Waals surface area contributed by atoms with E-state index in [-0.39, 0.29) is 30.4 Å². The summed E-state index contributed by atoms with van der Waals surface area (Å²) in [6, 6.07) is 7.61. The summed E-state index contributed by atoms with van der Waals surface area (Å²) in [5.74, 6) is -0.444. The lowest BCUT2D eigenvalue weighted by atomic mass is 9.93. The van der Waals surface area contributed by atoms with Crippen LogP contribution in [0.5, 0.6) is 0 Å². The smallest absolute Gasteiger partial charge is 0.329 e. The van der Waals surface area contributed by atoms with Gasteiger partial charge in [-0.1, -0.05) is 25.0 Å². The van der Waals surface area contributed by atoms with Gasteiger partial charge in [-0.15, -0.1) is 0 Å². The highest BCUT2D eigenvalue weighted by atomic mass is 16.5. The van der Waals surface area contributed by atoms with E-state index in [2.05, 4.69) is 5.32 Å². The first-order chi connectivity index (χ1) is 13.0. The zero-order valence-electron chi connectivity index (χ0n) is 16.0. The monoisotopic (exact) mass is 373 g/mol. The topological polar surface area (TPSA) is 82.3 Å². The molecule has 0 saturated heterocycles. The van der Waals surface area contributed by atoms with Gasteiger partial charge in [-0.3, -0.25) is 18.7 Å². The minimum atomic E-state index is -0.507. The van der Waals surface area contributed by atoms with E-state index in [0.29, 0.717) is 13.1 Å². The molecular weight excluding hydrogens is 346 g/mol. The van der Waals surface area contributed by atoms with Gasteiger partial charge in [-0.05, 0) is 31.9 Å². The number of esters is 1. The molecule has 7 heteroatoms. The molecule has 27 heavy (non-hydrogen) atoms. The van der Waals surface area contributed by atoms with Gasteiger partial charge in [0.25, 0.3) is 0 Å². The molecule has 2 aromatic rings. The number of carbonyl (C=O) groups is 2. The maximum atomic E-state index is 12.7. The molecule has 0 spiro atoms. The van der Waals surface area contributed by atoms with E-state index in [0.717, 1.165) is 36.7 Å². The lowest BCUT2D eigenvalue weighted by Gasteiger charge is -2.29. The second-order valence-corrected chi connectivity index (χ2v) is 7.21. The van der Waals surface area contributed by atoms with Crippen molar-refractivity contribution in [3.8, 4) is 0 Å². The molecule has 0 unspecified atom stereocenters. The molecule has 1 amide bonds. The number of aryl methyl sites for hydroxylation is 2. The average Bonchev–Trinajstić information content (AvgIpc) is 3.21. The second-order valence-electron chi connectivity index (χ2n) is 7.21. The summed E-state index contributed by atoms with van der Waals surface area (Å²) in [6.07, 6.45) is 3.93. The Morgan fingerprint density at radius 1 is 1.15 bits per heavy atom. The van der Waals surface area contributed by atoms with Crippen molar-refractivity contribution in [2.75, 3.05) is 7.11 Å². The minimum absolute atomic E-state index is 0.100. The molecule has 1 aromatic heterocycles. The molecule has 1 saturated carbocycles. The van der Waals surface area contributed by atoms with Crippen molar-refractivity contribution in [2.45, 2.75) is 64.1 Å². The molecule has 3 rings (SSSR count). The number of imidazole rings is 1. The number of carbonyl (C=O) groups excluding carboxylic acids is 2. The Kier molecular flexibility index (Phi) is 5.68. The third kappa shape index (κ3) is 3.91. The Labute approximate surface area is 158 Å². The number of nitrogens with zero attached hydrogens (tertiary/aromatic N) is 2. The molecule has 1 fully saturated rings. The number of para-hydroxylation sites is 2. The van der Waals surface area contributed by atoms with Gasteiger partial charge in [0.15, 0.2) is 0 Å². The van der Waals surface area contributed by atoms with Crippen molar-refractivity contribution in [2.24, 2.45) is 0 Å². The van der Waals surface area contributed by atoms with Crippen molar-refractivity contribution >= 4 is 22.9 Å². The quantitative estimate of drug-likeness (QED) is 0.755. The van der Waals surface area contributed by atoms with E-state index in [1.165, 1.54) is 7.11 Å². The molecule has 1 heterocycles. The Balaban J connectivity index is 1.72. The number of rotatable bonds is 7. The summed E-state index contributed by atoms with van der Waals surface area (Å²) in [5.41, 5.74) is 1.11. The predicted octanol–water partition coefficient (Wildman–Crippen LogP) is 2.21. The lowest BCUT2D eigenvalue weighted by molar-refractivity contribution is -0.142. The first kappa shape index (κ1) is 19.2. The molecule has 0 atom stereocenters. The van der Waals surface area contributed by atoms with Crippen LogP contribution >= 0.6 is 0 Å². The van der Waals surface area contributed by atoms with Crippen LogP contribution < -0.4 is 11.0 Å². The van der Waals surface area contributed by atoms with Crippen molar-refractivity contribution < 1.29 is 14.3 Å². The number of fused-ring (bicyclic) bond motifs is 1. The van der Waals surface area contributed by atoms with Gasteiger partial charge < -0.3 is 10.1 Å². The average molecular weight is 373 g/mol. The SMILES string of the molecule is CCn1c(=O)n(CCC(=O)NC2(CC(=O)OC)CCCC2)c2ccccc21. The molecule has 0 aliphatic heterocycles. The van der Waals surface area contributed by atoms with Crippen molar-refractivity contribution in [1.82, 2.24) is 14.5 Å². The molecular formula is C20H27N3O4. The van der Waals surface area contributed by atoms with E-state index >= 15 is 0 Å². The highest BCUT2D eigenvalue weighted by Crippen LogP contribution is 2.33. The summed E-state index contributed by atoms with van der Waals surface area (Å²) in [7, 11) is 1.36. The lowest BCUT2D eigenvalue weighted by Crippen LogP contribution is -2.48. The molecule has 146 valence electrons. The van der Waals surface area contributed by atoms with Crippen LogP contribution in [0.4, 0.5) is 0 Å². The summed E-state index contributed by atoms with van der Waals surface area (Å²) < 4.78 is 8.15. The second kappa shape index (κ2) is 7.98. The Bertz CT molecular complexity index is 890.